The van der Waals surface area contributed by atoms with Gasteiger partial charge in [0.1, 0.15) is 0 Å². The lowest BCUT2D eigenvalue weighted by atomic mass is 10.0. The molecule has 2 aliphatic carbocycles. The Morgan fingerprint density at radius 2 is 1.83 bits per heavy atom. The molecule has 3 nitrogen and oxygen atoms in total. The minimum absolute atomic E-state index is 0. The van der Waals surface area contributed by atoms with Crippen molar-refractivity contribution < 1.29 is 4.79 Å². The van der Waals surface area contributed by atoms with Crippen molar-refractivity contribution in [1.82, 2.24) is 5.32 Å². The molecule has 0 bridgehead atoms. The fourth-order valence-corrected chi connectivity index (χ4v) is 3.42. The smallest absolute Gasteiger partial charge is 0.220 e. The molecule has 2 atom stereocenters. The number of halogens is 1. The number of nitrogens with one attached hydrogen (secondary N) is 1. The van der Waals surface area contributed by atoms with Crippen LogP contribution in [0.1, 0.15) is 57.8 Å². The van der Waals surface area contributed by atoms with Crippen LogP contribution in [0.25, 0.3) is 0 Å². The molecule has 2 unspecified atom stereocenters. The molecule has 0 aromatic heterocycles. The molecule has 106 valence electrons. The molecule has 0 saturated heterocycles. The van der Waals surface area contributed by atoms with Crippen LogP contribution in [0.3, 0.4) is 0 Å². The quantitative estimate of drug-likeness (QED) is 0.810. The van der Waals surface area contributed by atoms with Crippen molar-refractivity contribution in [3.05, 3.63) is 0 Å². The topological polar surface area (TPSA) is 55.1 Å². The standard InChI is InChI=1S/C14H26N2O.ClH/c15-10-12-6-3-7-13(12)16-14(17)9-8-11-4-1-2-5-11;/h11-13H,1-10,15H2,(H,16,17);1H. The van der Waals surface area contributed by atoms with Gasteiger partial charge in [0.05, 0.1) is 0 Å². The van der Waals surface area contributed by atoms with Crippen molar-refractivity contribution in [3.8, 4) is 0 Å². The average Bonchev–Trinajstić information content (AvgIpc) is 2.97. The first kappa shape index (κ1) is 15.8. The minimum Gasteiger partial charge on any atom is -0.353 e. The molecular formula is C14H27ClN2O. The first-order chi connectivity index (χ1) is 8.29. The predicted molar refractivity (Wildman–Crippen MR) is 76.8 cm³/mol. The maximum Gasteiger partial charge on any atom is 0.220 e. The Morgan fingerprint density at radius 3 is 2.50 bits per heavy atom. The van der Waals surface area contributed by atoms with Crippen LogP contribution in [0, 0.1) is 11.8 Å². The van der Waals surface area contributed by atoms with Crippen LogP contribution >= 0.6 is 12.4 Å². The maximum atomic E-state index is 11.9. The van der Waals surface area contributed by atoms with Crippen LogP contribution in [0.15, 0.2) is 0 Å². The van der Waals surface area contributed by atoms with Crippen molar-refractivity contribution >= 4 is 18.3 Å². The summed E-state index contributed by atoms with van der Waals surface area (Å²) in [7, 11) is 0. The molecule has 2 aliphatic rings. The summed E-state index contributed by atoms with van der Waals surface area (Å²) in [6.45, 7) is 0.716. The van der Waals surface area contributed by atoms with Crippen LogP contribution in [-0.2, 0) is 4.79 Å². The fourth-order valence-electron chi connectivity index (χ4n) is 3.42. The zero-order valence-corrected chi connectivity index (χ0v) is 12.0. The lowest BCUT2D eigenvalue weighted by Crippen LogP contribution is -2.39. The Morgan fingerprint density at radius 1 is 1.11 bits per heavy atom. The summed E-state index contributed by atoms with van der Waals surface area (Å²) in [5.41, 5.74) is 5.72. The van der Waals surface area contributed by atoms with E-state index in [1.165, 1.54) is 38.5 Å². The molecule has 3 N–H and O–H groups in total. The molecule has 0 radical (unpaired) electrons. The third-order valence-corrected chi connectivity index (χ3v) is 4.56. The van der Waals surface area contributed by atoms with E-state index in [2.05, 4.69) is 5.32 Å². The third kappa shape index (κ3) is 4.43. The van der Waals surface area contributed by atoms with Crippen LogP contribution in [-0.4, -0.2) is 18.5 Å². The lowest BCUT2D eigenvalue weighted by molar-refractivity contribution is -0.122. The molecule has 0 heterocycles. The highest BCUT2D eigenvalue weighted by molar-refractivity contribution is 5.85. The van der Waals surface area contributed by atoms with Crippen LogP contribution in [0.4, 0.5) is 0 Å². The zero-order chi connectivity index (χ0) is 12.1. The van der Waals surface area contributed by atoms with Gasteiger partial charge in [-0.1, -0.05) is 32.1 Å². The number of rotatable bonds is 5. The number of nitrogens with two attached hydrogens (primary N) is 1. The van der Waals surface area contributed by atoms with Crippen molar-refractivity contribution in [2.75, 3.05) is 6.54 Å². The van der Waals surface area contributed by atoms with E-state index >= 15 is 0 Å². The van der Waals surface area contributed by atoms with Crippen molar-refractivity contribution in [1.29, 1.82) is 0 Å². The van der Waals surface area contributed by atoms with Gasteiger partial charge in [0.25, 0.3) is 0 Å². The normalized spacial score (nSPS) is 28.1. The van der Waals surface area contributed by atoms with E-state index in [1.54, 1.807) is 0 Å². The number of carbonyl (C=O) groups is 1. The minimum atomic E-state index is 0. The summed E-state index contributed by atoms with van der Waals surface area (Å²) in [4.78, 5) is 11.9. The average molecular weight is 275 g/mol. The molecule has 2 rings (SSSR count). The zero-order valence-electron chi connectivity index (χ0n) is 11.2. The van der Waals surface area contributed by atoms with Gasteiger partial charge in [-0.3, -0.25) is 4.79 Å². The van der Waals surface area contributed by atoms with Gasteiger partial charge in [0.15, 0.2) is 0 Å². The van der Waals surface area contributed by atoms with Crippen molar-refractivity contribution in [2.45, 2.75) is 63.8 Å². The Balaban J connectivity index is 0.00000162. The van der Waals surface area contributed by atoms with E-state index in [9.17, 15) is 4.79 Å². The van der Waals surface area contributed by atoms with Gasteiger partial charge in [0.2, 0.25) is 5.91 Å². The molecule has 2 fully saturated rings. The highest BCUT2D eigenvalue weighted by Gasteiger charge is 2.27. The number of carbonyl (C=O) groups excluding carboxylic acids is 1. The highest BCUT2D eigenvalue weighted by atomic mass is 35.5. The summed E-state index contributed by atoms with van der Waals surface area (Å²) >= 11 is 0. The van der Waals surface area contributed by atoms with Gasteiger partial charge in [-0.05, 0) is 37.6 Å². The van der Waals surface area contributed by atoms with E-state index in [0.29, 0.717) is 18.5 Å². The Kier molecular flexibility index (Phi) is 7.02. The maximum absolute atomic E-state index is 11.9. The second-order valence-electron chi connectivity index (χ2n) is 5.79. The van der Waals surface area contributed by atoms with E-state index in [4.69, 9.17) is 5.73 Å². The predicted octanol–water partition coefficient (Wildman–Crippen LogP) is 2.62. The Bertz CT molecular complexity index is 254. The number of hydrogen-bond acceptors (Lipinski definition) is 2. The summed E-state index contributed by atoms with van der Waals surface area (Å²) in [5.74, 6) is 1.59. The fraction of sp³-hybridized carbons (Fsp3) is 0.929. The van der Waals surface area contributed by atoms with E-state index in [-0.39, 0.29) is 18.3 Å². The monoisotopic (exact) mass is 274 g/mol. The second-order valence-corrected chi connectivity index (χ2v) is 5.79. The van der Waals surface area contributed by atoms with E-state index in [1.807, 2.05) is 0 Å². The van der Waals surface area contributed by atoms with Gasteiger partial charge in [-0.2, -0.15) is 0 Å². The first-order valence-electron chi connectivity index (χ1n) is 7.29. The van der Waals surface area contributed by atoms with Crippen molar-refractivity contribution in [2.24, 2.45) is 17.6 Å². The molecular weight excluding hydrogens is 248 g/mol. The number of hydrogen-bond donors (Lipinski definition) is 2. The molecule has 1 amide bonds. The molecule has 4 heteroatoms. The van der Waals surface area contributed by atoms with Gasteiger partial charge in [0, 0.05) is 12.5 Å². The summed E-state index contributed by atoms with van der Waals surface area (Å²) in [5, 5.41) is 3.18. The Hall–Kier alpha value is -0.280. The van der Waals surface area contributed by atoms with Crippen LogP contribution in [0.5, 0.6) is 0 Å². The molecule has 2 saturated carbocycles. The van der Waals surface area contributed by atoms with Gasteiger partial charge in [-0.15, -0.1) is 12.4 Å². The van der Waals surface area contributed by atoms with E-state index < -0.39 is 0 Å². The van der Waals surface area contributed by atoms with E-state index in [0.717, 1.165) is 25.2 Å². The Labute approximate surface area is 117 Å². The summed E-state index contributed by atoms with van der Waals surface area (Å²) in [6.07, 6.45) is 10.7. The van der Waals surface area contributed by atoms with Crippen LogP contribution < -0.4 is 11.1 Å². The molecule has 0 aliphatic heterocycles. The highest BCUT2D eigenvalue weighted by Crippen LogP contribution is 2.29. The molecule has 0 aromatic rings. The summed E-state index contributed by atoms with van der Waals surface area (Å²) < 4.78 is 0. The van der Waals surface area contributed by atoms with Gasteiger partial charge >= 0.3 is 0 Å². The SMILES string of the molecule is Cl.NCC1CCCC1NC(=O)CCC1CCCC1. The summed E-state index contributed by atoms with van der Waals surface area (Å²) in [6, 6.07) is 0.357. The second kappa shape index (κ2) is 8.00. The lowest BCUT2D eigenvalue weighted by Gasteiger charge is -2.19. The third-order valence-electron chi connectivity index (χ3n) is 4.56. The largest absolute Gasteiger partial charge is 0.353 e. The van der Waals surface area contributed by atoms with Gasteiger partial charge < -0.3 is 11.1 Å². The molecule has 18 heavy (non-hydrogen) atoms. The van der Waals surface area contributed by atoms with Gasteiger partial charge in [-0.25, -0.2) is 0 Å². The van der Waals surface area contributed by atoms with Crippen LogP contribution in [0.2, 0.25) is 0 Å². The first-order valence-corrected chi connectivity index (χ1v) is 7.29. The molecule has 0 aromatic carbocycles. The van der Waals surface area contributed by atoms with Crippen molar-refractivity contribution in [3.63, 3.8) is 0 Å². The molecule has 0 spiro atoms. The number of amides is 1.